The van der Waals surface area contributed by atoms with Gasteiger partial charge in [0.1, 0.15) is 5.69 Å². The molecule has 0 aromatic carbocycles. The topological polar surface area (TPSA) is 114 Å². The van der Waals surface area contributed by atoms with Crippen LogP contribution < -0.4 is 10.5 Å². The van der Waals surface area contributed by atoms with Crippen molar-refractivity contribution < 1.29 is 17.9 Å². The first-order chi connectivity index (χ1) is 8.15. The number of ether oxygens (including phenoxy) is 1. The fraction of sp³-hybridized carbons (Fsp3) is 0.500. The number of nitrogens with two attached hydrogens (primary N) is 1. The average Bonchev–Trinajstić information content (AvgIpc) is 2.63. The third-order valence-corrected chi connectivity index (χ3v) is 3.08. The van der Waals surface area contributed by atoms with Crippen molar-refractivity contribution in [2.45, 2.75) is 24.3 Å². The van der Waals surface area contributed by atoms with Gasteiger partial charge in [0.15, 0.2) is 0 Å². The largest absolute Gasteiger partial charge is 0.382 e. The van der Waals surface area contributed by atoms with E-state index in [4.69, 9.17) is 9.88 Å². The van der Waals surface area contributed by atoms with Crippen molar-refractivity contribution in [2.75, 3.05) is 13.7 Å². The van der Waals surface area contributed by atoms with Crippen molar-refractivity contribution in [3.63, 3.8) is 0 Å². The van der Waals surface area contributed by atoms with Gasteiger partial charge < -0.3 is 15.0 Å². The quantitative estimate of drug-likeness (QED) is 0.691. The molecule has 0 radical (unpaired) electrons. The molecule has 18 heavy (non-hydrogen) atoms. The Kier molecular flexibility index (Phi) is 4.15. The standard InChI is InChI=1S/C10H17N3O4S/c1-10(2,6-17-3)13-9(14)8-4-7(5-12-8)18(11,15)16/h4-5,12H,6H2,1-3H3,(H,13,14)(H2,11,15,16). The Labute approximate surface area is 106 Å². The first-order valence-corrected chi connectivity index (χ1v) is 6.73. The molecule has 7 nitrogen and oxygen atoms in total. The molecular weight excluding hydrogens is 258 g/mol. The van der Waals surface area contributed by atoms with Gasteiger partial charge >= 0.3 is 0 Å². The van der Waals surface area contributed by atoms with E-state index in [1.165, 1.54) is 19.4 Å². The van der Waals surface area contributed by atoms with Crippen LogP contribution in [0.2, 0.25) is 0 Å². The Bertz CT molecular complexity index is 533. The number of aromatic amines is 1. The summed E-state index contributed by atoms with van der Waals surface area (Å²) in [6, 6.07) is 1.19. The van der Waals surface area contributed by atoms with Crippen molar-refractivity contribution in [3.05, 3.63) is 18.0 Å². The van der Waals surface area contributed by atoms with Crippen LogP contribution in [0, 0.1) is 0 Å². The molecule has 1 heterocycles. The molecule has 0 bridgehead atoms. The number of hydrogen-bond acceptors (Lipinski definition) is 4. The van der Waals surface area contributed by atoms with E-state index in [1.807, 2.05) is 0 Å². The molecule has 1 amide bonds. The second kappa shape index (κ2) is 5.09. The Balaban J connectivity index is 2.83. The number of rotatable bonds is 5. The lowest BCUT2D eigenvalue weighted by Gasteiger charge is -2.24. The summed E-state index contributed by atoms with van der Waals surface area (Å²) in [7, 11) is -2.28. The summed E-state index contributed by atoms with van der Waals surface area (Å²) >= 11 is 0. The van der Waals surface area contributed by atoms with E-state index in [0.29, 0.717) is 6.61 Å². The van der Waals surface area contributed by atoms with Gasteiger partial charge in [-0.3, -0.25) is 4.79 Å². The van der Waals surface area contributed by atoms with Crippen LogP contribution in [0.1, 0.15) is 24.3 Å². The number of aromatic nitrogens is 1. The maximum atomic E-state index is 11.8. The molecule has 0 spiro atoms. The molecule has 1 aromatic heterocycles. The lowest BCUT2D eigenvalue weighted by molar-refractivity contribution is 0.0815. The zero-order valence-corrected chi connectivity index (χ0v) is 11.3. The first-order valence-electron chi connectivity index (χ1n) is 5.18. The third-order valence-electron chi connectivity index (χ3n) is 2.19. The first kappa shape index (κ1) is 14.7. The monoisotopic (exact) mass is 275 g/mol. The number of H-pyrrole nitrogens is 1. The van der Waals surface area contributed by atoms with Gasteiger partial charge in [0.05, 0.1) is 17.0 Å². The molecule has 0 aliphatic carbocycles. The van der Waals surface area contributed by atoms with Crippen LogP contribution >= 0.6 is 0 Å². The van der Waals surface area contributed by atoms with Crippen LogP contribution in [0.25, 0.3) is 0 Å². The van der Waals surface area contributed by atoms with Gasteiger partial charge in [-0.05, 0) is 19.9 Å². The average molecular weight is 275 g/mol. The van der Waals surface area contributed by atoms with Crippen molar-refractivity contribution in [2.24, 2.45) is 5.14 Å². The zero-order chi connectivity index (χ0) is 14.0. The van der Waals surface area contributed by atoms with E-state index in [2.05, 4.69) is 10.3 Å². The number of carbonyl (C=O) groups excluding carboxylic acids is 1. The number of hydrogen-bond donors (Lipinski definition) is 3. The van der Waals surface area contributed by atoms with Crippen molar-refractivity contribution in [1.82, 2.24) is 10.3 Å². The molecule has 1 aromatic rings. The van der Waals surface area contributed by atoms with Crippen molar-refractivity contribution in [1.29, 1.82) is 0 Å². The molecule has 1 rings (SSSR count). The summed E-state index contributed by atoms with van der Waals surface area (Å²) in [6.07, 6.45) is 1.17. The molecule has 102 valence electrons. The van der Waals surface area contributed by atoms with E-state index in [0.717, 1.165) is 0 Å². The number of primary sulfonamides is 1. The van der Waals surface area contributed by atoms with Crippen LogP contribution in [-0.2, 0) is 14.8 Å². The molecule has 0 atom stereocenters. The lowest BCUT2D eigenvalue weighted by atomic mass is 10.1. The summed E-state index contributed by atoms with van der Waals surface area (Å²) in [6.45, 7) is 3.91. The Hall–Kier alpha value is -1.38. The van der Waals surface area contributed by atoms with E-state index in [-0.39, 0.29) is 10.6 Å². The van der Waals surface area contributed by atoms with Gasteiger partial charge in [-0.2, -0.15) is 0 Å². The minimum atomic E-state index is -3.81. The van der Waals surface area contributed by atoms with Gasteiger partial charge in [0.2, 0.25) is 10.0 Å². The Morgan fingerprint density at radius 1 is 1.56 bits per heavy atom. The molecule has 4 N–H and O–H groups in total. The molecule has 0 saturated heterocycles. The fourth-order valence-electron chi connectivity index (χ4n) is 1.44. The number of carbonyl (C=O) groups is 1. The SMILES string of the molecule is COCC(C)(C)NC(=O)c1cc(S(N)(=O)=O)c[nH]1. The predicted octanol–water partition coefficient (Wildman–Crippen LogP) is -0.183. The summed E-state index contributed by atoms with van der Waals surface area (Å²) in [4.78, 5) is 14.3. The van der Waals surface area contributed by atoms with Crippen LogP contribution in [0.4, 0.5) is 0 Å². The van der Waals surface area contributed by atoms with Crippen LogP contribution in [0.3, 0.4) is 0 Å². The predicted molar refractivity (Wildman–Crippen MR) is 65.6 cm³/mol. The van der Waals surface area contributed by atoms with Gasteiger partial charge in [0, 0.05) is 13.3 Å². The number of nitrogens with one attached hydrogen (secondary N) is 2. The highest BCUT2D eigenvalue weighted by Crippen LogP contribution is 2.10. The molecule has 0 fully saturated rings. The maximum absolute atomic E-state index is 11.8. The minimum absolute atomic E-state index is 0.128. The molecule has 0 saturated carbocycles. The molecular formula is C10H17N3O4S. The van der Waals surface area contributed by atoms with E-state index < -0.39 is 21.5 Å². The van der Waals surface area contributed by atoms with Crippen molar-refractivity contribution >= 4 is 15.9 Å². The van der Waals surface area contributed by atoms with Gasteiger partial charge in [-0.1, -0.05) is 0 Å². The van der Waals surface area contributed by atoms with Gasteiger partial charge in [-0.25, -0.2) is 13.6 Å². The van der Waals surface area contributed by atoms with E-state index in [9.17, 15) is 13.2 Å². The smallest absolute Gasteiger partial charge is 0.268 e. The summed E-state index contributed by atoms with van der Waals surface area (Å²) in [5.74, 6) is -0.424. The number of amides is 1. The molecule has 8 heteroatoms. The second-order valence-corrected chi connectivity index (χ2v) is 6.13. The fourth-order valence-corrected chi connectivity index (χ4v) is 1.95. The molecule has 0 unspecified atom stereocenters. The highest BCUT2D eigenvalue weighted by molar-refractivity contribution is 7.89. The lowest BCUT2D eigenvalue weighted by Crippen LogP contribution is -2.46. The van der Waals surface area contributed by atoms with Gasteiger partial charge in [-0.15, -0.1) is 0 Å². The van der Waals surface area contributed by atoms with E-state index >= 15 is 0 Å². The highest BCUT2D eigenvalue weighted by atomic mass is 32.2. The third kappa shape index (κ3) is 3.83. The summed E-state index contributed by atoms with van der Waals surface area (Å²) < 4.78 is 27.1. The number of sulfonamides is 1. The zero-order valence-electron chi connectivity index (χ0n) is 10.5. The van der Waals surface area contributed by atoms with Crippen molar-refractivity contribution in [3.8, 4) is 0 Å². The van der Waals surface area contributed by atoms with Crippen LogP contribution in [0.15, 0.2) is 17.2 Å². The van der Waals surface area contributed by atoms with Gasteiger partial charge in [0.25, 0.3) is 5.91 Å². The summed E-state index contributed by atoms with van der Waals surface area (Å²) in [5.41, 5.74) is -0.429. The van der Waals surface area contributed by atoms with E-state index in [1.54, 1.807) is 13.8 Å². The molecule has 0 aliphatic rings. The normalized spacial score (nSPS) is 12.4. The second-order valence-electron chi connectivity index (χ2n) is 4.57. The van der Waals surface area contributed by atoms with Crippen LogP contribution in [0.5, 0.6) is 0 Å². The number of methoxy groups -OCH3 is 1. The maximum Gasteiger partial charge on any atom is 0.268 e. The summed E-state index contributed by atoms with van der Waals surface area (Å²) in [5, 5.41) is 7.65. The highest BCUT2D eigenvalue weighted by Gasteiger charge is 2.22. The minimum Gasteiger partial charge on any atom is -0.382 e. The molecule has 0 aliphatic heterocycles. The Morgan fingerprint density at radius 2 is 2.17 bits per heavy atom. The Morgan fingerprint density at radius 3 is 2.61 bits per heavy atom. The van der Waals surface area contributed by atoms with Crippen LogP contribution in [-0.4, -0.2) is 38.6 Å².